The first kappa shape index (κ1) is 23.8. The van der Waals surface area contributed by atoms with Crippen LogP contribution in [0.2, 0.25) is 0 Å². The molecule has 0 radical (unpaired) electrons. The third-order valence-corrected chi connectivity index (χ3v) is 5.68. The van der Waals surface area contributed by atoms with Gasteiger partial charge in [-0.2, -0.15) is 18.3 Å². The number of nitrogens with zero attached hydrogens (tertiary/aromatic N) is 5. The lowest BCUT2D eigenvalue weighted by molar-refractivity contribution is -0.135. The number of hydrogen-bond donors (Lipinski definition) is 0. The Morgan fingerprint density at radius 3 is 2.50 bits per heavy atom. The zero-order chi connectivity index (χ0) is 22.5. The van der Waals surface area contributed by atoms with Crippen molar-refractivity contribution >= 4 is 21.6 Å². The molecule has 2 rings (SSSR count). The van der Waals surface area contributed by atoms with Gasteiger partial charge in [0.05, 0.1) is 42.1 Å². The Labute approximate surface area is 173 Å². The Kier molecular flexibility index (Phi) is 7.59. The first-order valence-corrected chi connectivity index (χ1v) is 11.1. The summed E-state index contributed by atoms with van der Waals surface area (Å²) in [5.41, 5.74) is 1.81. The van der Waals surface area contributed by atoms with E-state index in [1.807, 2.05) is 0 Å². The molecule has 1 amide bonds. The van der Waals surface area contributed by atoms with Gasteiger partial charge in [0, 0.05) is 32.3 Å². The van der Waals surface area contributed by atoms with E-state index in [9.17, 15) is 26.4 Å². The van der Waals surface area contributed by atoms with Crippen LogP contribution in [0.4, 0.5) is 18.9 Å². The van der Waals surface area contributed by atoms with Crippen molar-refractivity contribution in [3.63, 3.8) is 0 Å². The molecule has 2 aromatic heterocycles. The molecule has 0 aliphatic rings. The summed E-state index contributed by atoms with van der Waals surface area (Å²) in [5, 5.41) is 4.37. The van der Waals surface area contributed by atoms with Gasteiger partial charge in [-0.25, -0.2) is 17.4 Å². The van der Waals surface area contributed by atoms with Crippen molar-refractivity contribution in [2.75, 3.05) is 30.8 Å². The minimum absolute atomic E-state index is 0.254. The molecule has 0 atom stereocenters. The van der Waals surface area contributed by atoms with Crippen LogP contribution in [-0.4, -0.2) is 65.5 Å². The van der Waals surface area contributed by atoms with Gasteiger partial charge in [0.25, 0.3) is 0 Å². The number of alkyl halides is 3. The molecule has 0 N–H and O–H groups in total. The number of pyridine rings is 1. The Morgan fingerprint density at radius 1 is 1.27 bits per heavy atom. The SMILES string of the molecule is CCN(C(=O)CCN(CCC(F)(F)F)S(C)(=O)=O)c1cn(-c2cccnc2)nc1C. The summed E-state index contributed by atoms with van der Waals surface area (Å²) in [6, 6.07) is 3.54. The number of amides is 1. The average molecular weight is 447 g/mol. The minimum Gasteiger partial charge on any atom is -0.310 e. The molecular weight excluding hydrogens is 423 g/mol. The summed E-state index contributed by atoms with van der Waals surface area (Å²) < 4.78 is 63.3. The third kappa shape index (κ3) is 6.52. The van der Waals surface area contributed by atoms with Crippen LogP contribution in [0.25, 0.3) is 5.69 Å². The van der Waals surface area contributed by atoms with Gasteiger partial charge in [-0.05, 0) is 26.0 Å². The molecule has 2 heterocycles. The second-order valence-corrected chi connectivity index (χ2v) is 8.65. The molecule has 8 nitrogen and oxygen atoms in total. The number of rotatable bonds is 9. The fraction of sp³-hybridized carbons (Fsp3) is 0.500. The Balaban J connectivity index is 2.13. The molecule has 0 saturated heterocycles. The average Bonchev–Trinajstić information content (AvgIpc) is 3.02. The minimum atomic E-state index is -4.49. The van der Waals surface area contributed by atoms with Gasteiger partial charge in [0.1, 0.15) is 0 Å². The Bertz CT molecular complexity index is 961. The lowest BCUT2D eigenvalue weighted by Gasteiger charge is -2.24. The highest BCUT2D eigenvalue weighted by Gasteiger charge is 2.30. The van der Waals surface area contributed by atoms with Gasteiger partial charge in [-0.15, -0.1) is 0 Å². The van der Waals surface area contributed by atoms with Crippen molar-refractivity contribution in [3.05, 3.63) is 36.4 Å². The molecule has 0 unspecified atom stereocenters. The van der Waals surface area contributed by atoms with E-state index >= 15 is 0 Å². The maximum absolute atomic E-state index is 12.7. The summed E-state index contributed by atoms with van der Waals surface area (Å²) in [6.07, 6.45) is -0.299. The summed E-state index contributed by atoms with van der Waals surface area (Å²) in [5.74, 6) is -0.410. The van der Waals surface area contributed by atoms with Crippen LogP contribution in [0.1, 0.15) is 25.5 Å². The molecule has 0 aliphatic heterocycles. The van der Waals surface area contributed by atoms with Gasteiger partial charge in [0.2, 0.25) is 15.9 Å². The van der Waals surface area contributed by atoms with Crippen molar-refractivity contribution in [1.29, 1.82) is 0 Å². The number of sulfonamides is 1. The van der Waals surface area contributed by atoms with Gasteiger partial charge in [0.15, 0.2) is 0 Å². The summed E-state index contributed by atoms with van der Waals surface area (Å²) in [6.45, 7) is 2.71. The van der Waals surface area contributed by atoms with Crippen molar-refractivity contribution in [2.24, 2.45) is 0 Å². The molecule has 166 valence electrons. The molecule has 12 heteroatoms. The van der Waals surface area contributed by atoms with Crippen LogP contribution in [0, 0.1) is 6.92 Å². The quantitative estimate of drug-likeness (QED) is 0.590. The van der Waals surface area contributed by atoms with Crippen molar-refractivity contribution in [1.82, 2.24) is 19.1 Å². The second-order valence-electron chi connectivity index (χ2n) is 6.67. The zero-order valence-electron chi connectivity index (χ0n) is 16.9. The predicted octanol–water partition coefficient (Wildman–Crippen LogP) is 2.53. The number of carbonyl (C=O) groups is 1. The van der Waals surface area contributed by atoms with Gasteiger partial charge < -0.3 is 4.90 Å². The molecule has 0 spiro atoms. The molecule has 0 saturated carbocycles. The van der Waals surface area contributed by atoms with Gasteiger partial charge >= 0.3 is 6.18 Å². The van der Waals surface area contributed by atoms with E-state index in [1.54, 1.807) is 49.3 Å². The molecule has 0 fully saturated rings. The Morgan fingerprint density at radius 2 is 1.97 bits per heavy atom. The van der Waals surface area contributed by atoms with Gasteiger partial charge in [-0.3, -0.25) is 9.78 Å². The first-order valence-electron chi connectivity index (χ1n) is 9.21. The second kappa shape index (κ2) is 9.56. The molecule has 30 heavy (non-hydrogen) atoms. The highest BCUT2D eigenvalue weighted by Crippen LogP contribution is 2.23. The van der Waals surface area contributed by atoms with Crippen LogP contribution >= 0.6 is 0 Å². The van der Waals surface area contributed by atoms with Crippen LogP contribution in [0.15, 0.2) is 30.7 Å². The number of carbonyl (C=O) groups excluding carboxylic acids is 1. The van der Waals surface area contributed by atoms with Crippen LogP contribution in [0.3, 0.4) is 0 Å². The molecule has 0 aliphatic carbocycles. The topological polar surface area (TPSA) is 88.4 Å². The number of halogens is 3. The Hall–Kier alpha value is -2.47. The first-order chi connectivity index (χ1) is 13.9. The van der Waals surface area contributed by atoms with E-state index in [4.69, 9.17) is 0 Å². The van der Waals surface area contributed by atoms with Crippen LogP contribution in [-0.2, 0) is 14.8 Å². The maximum atomic E-state index is 12.7. The normalized spacial score (nSPS) is 12.4. The standard InChI is InChI=1S/C18H24F3N5O3S/c1-4-25(16-13-26(23-14(16)2)15-6-5-9-22-12-15)17(27)7-10-24(30(3,28)29)11-8-18(19,20)21/h5-6,9,12-13H,4,7-8,10-11H2,1-3H3. The summed E-state index contributed by atoms with van der Waals surface area (Å²) in [4.78, 5) is 18.2. The summed E-state index contributed by atoms with van der Waals surface area (Å²) in [7, 11) is -3.88. The highest BCUT2D eigenvalue weighted by atomic mass is 32.2. The van der Waals surface area contributed by atoms with E-state index in [-0.39, 0.29) is 13.0 Å². The van der Waals surface area contributed by atoms with E-state index in [0.29, 0.717) is 27.9 Å². The number of aryl methyl sites for hydroxylation is 1. The number of aromatic nitrogens is 3. The molecule has 0 aromatic carbocycles. The van der Waals surface area contributed by atoms with Crippen molar-refractivity contribution in [2.45, 2.75) is 32.9 Å². The monoisotopic (exact) mass is 447 g/mol. The highest BCUT2D eigenvalue weighted by molar-refractivity contribution is 7.88. The van der Waals surface area contributed by atoms with Crippen molar-refractivity contribution in [3.8, 4) is 5.69 Å². The largest absolute Gasteiger partial charge is 0.390 e. The fourth-order valence-corrected chi connectivity index (χ4v) is 3.71. The smallest absolute Gasteiger partial charge is 0.310 e. The lowest BCUT2D eigenvalue weighted by Crippen LogP contribution is -2.38. The number of anilines is 1. The van der Waals surface area contributed by atoms with E-state index < -0.39 is 35.1 Å². The van der Waals surface area contributed by atoms with Crippen molar-refractivity contribution < 1.29 is 26.4 Å². The molecule has 0 bridgehead atoms. The third-order valence-electron chi connectivity index (χ3n) is 4.38. The summed E-state index contributed by atoms with van der Waals surface area (Å²) >= 11 is 0. The van der Waals surface area contributed by atoms with Crippen LogP contribution in [0.5, 0.6) is 0 Å². The van der Waals surface area contributed by atoms with E-state index in [1.165, 1.54) is 4.90 Å². The predicted molar refractivity (Wildman–Crippen MR) is 106 cm³/mol. The maximum Gasteiger partial charge on any atom is 0.390 e. The van der Waals surface area contributed by atoms with Gasteiger partial charge in [-0.1, -0.05) is 0 Å². The van der Waals surface area contributed by atoms with E-state index in [0.717, 1.165) is 6.26 Å². The lowest BCUT2D eigenvalue weighted by atomic mass is 10.3. The van der Waals surface area contributed by atoms with E-state index in [2.05, 4.69) is 10.1 Å². The fourth-order valence-electron chi connectivity index (χ4n) is 2.87. The molecular formula is C18H24F3N5O3S. The van der Waals surface area contributed by atoms with Crippen LogP contribution < -0.4 is 4.90 Å². The molecule has 2 aromatic rings. The number of hydrogen-bond acceptors (Lipinski definition) is 5. The zero-order valence-corrected chi connectivity index (χ0v) is 17.7.